The third-order valence-electron chi connectivity index (χ3n) is 9.04. The van der Waals surface area contributed by atoms with Crippen LogP contribution >= 0.6 is 0 Å². The van der Waals surface area contributed by atoms with Crippen LogP contribution in [0.4, 0.5) is 0 Å². The molecule has 0 bridgehead atoms. The second kappa shape index (κ2) is 35.0. The van der Waals surface area contributed by atoms with E-state index in [1.165, 1.54) is 212 Å². The van der Waals surface area contributed by atoms with Crippen LogP contribution in [-0.2, 0) is 0 Å². The van der Waals surface area contributed by atoms with Crippen molar-refractivity contribution in [2.45, 2.75) is 232 Å². The van der Waals surface area contributed by atoms with Gasteiger partial charge in [-0.25, -0.2) is 0 Å². The summed E-state index contributed by atoms with van der Waals surface area (Å²) in [6.07, 6.45) is 49.6. The third-order valence-corrected chi connectivity index (χ3v) is 9.04. The average Bonchev–Trinajstić information content (AvgIpc) is 2.93. The maximum Gasteiger partial charge on any atom is -0.0414 e. The lowest BCUT2D eigenvalue weighted by Gasteiger charge is -2.16. The maximum atomic E-state index is 4.11. The van der Waals surface area contributed by atoms with E-state index < -0.39 is 0 Å². The van der Waals surface area contributed by atoms with E-state index in [2.05, 4.69) is 20.8 Å². The first-order valence-corrected chi connectivity index (χ1v) is 18.6. The highest BCUT2D eigenvalue weighted by atomic mass is 14.1. The molecule has 0 nitrogen and oxygen atoms in total. The molecule has 0 saturated heterocycles. The molecule has 0 N–H and O–H groups in total. The van der Waals surface area contributed by atoms with E-state index in [4.69, 9.17) is 0 Å². The monoisotopic (exact) mass is 534 g/mol. The number of hydrogen-bond acceptors (Lipinski definition) is 0. The topological polar surface area (TPSA) is 0 Å². The molecule has 0 amide bonds. The molecule has 0 aromatic carbocycles. The van der Waals surface area contributed by atoms with Crippen molar-refractivity contribution in [3.63, 3.8) is 0 Å². The zero-order valence-corrected chi connectivity index (χ0v) is 27.3. The third kappa shape index (κ3) is 32.2. The molecule has 0 spiro atoms. The van der Waals surface area contributed by atoms with E-state index in [1.807, 2.05) is 0 Å². The molecule has 0 aliphatic heterocycles. The Hall–Kier alpha value is 0. The van der Waals surface area contributed by atoms with Gasteiger partial charge in [-0.3, -0.25) is 0 Å². The normalized spacial score (nSPS) is 12.4. The minimum atomic E-state index is 0.996. The van der Waals surface area contributed by atoms with Crippen molar-refractivity contribution in [3.05, 3.63) is 6.92 Å². The smallest absolute Gasteiger partial charge is 0.0414 e. The molecule has 1 atom stereocenters. The Kier molecular flexibility index (Phi) is 35.0. The Bertz CT molecular complexity index is 385. The van der Waals surface area contributed by atoms with Gasteiger partial charge in [0.05, 0.1) is 0 Å². The van der Waals surface area contributed by atoms with Gasteiger partial charge in [-0.2, -0.15) is 0 Å². The summed E-state index contributed by atoms with van der Waals surface area (Å²) in [7, 11) is 0. The van der Waals surface area contributed by atoms with Gasteiger partial charge in [0, 0.05) is 0 Å². The van der Waals surface area contributed by atoms with Gasteiger partial charge in [-0.15, -0.1) is 0 Å². The lowest BCUT2D eigenvalue weighted by atomic mass is 9.90. The lowest BCUT2D eigenvalue weighted by Crippen LogP contribution is -2.01. The van der Waals surface area contributed by atoms with Crippen LogP contribution in [0.1, 0.15) is 232 Å². The molecule has 0 aliphatic rings. The number of rotatable bonds is 34. The Labute approximate surface area is 244 Å². The predicted octanol–water partition coefficient (Wildman–Crippen LogP) is 14.7. The summed E-state index contributed by atoms with van der Waals surface area (Å²) in [6, 6.07) is 0. The summed E-state index contributed by atoms with van der Waals surface area (Å²) in [5.74, 6) is 0.996. The molecule has 38 heavy (non-hydrogen) atoms. The molecule has 0 aromatic heterocycles. The van der Waals surface area contributed by atoms with E-state index in [0.717, 1.165) is 12.3 Å². The highest BCUT2D eigenvalue weighted by Gasteiger charge is 2.08. The summed E-state index contributed by atoms with van der Waals surface area (Å²) >= 11 is 0. The van der Waals surface area contributed by atoms with Gasteiger partial charge in [0.1, 0.15) is 0 Å². The zero-order valence-electron chi connectivity index (χ0n) is 27.3. The van der Waals surface area contributed by atoms with Gasteiger partial charge >= 0.3 is 0 Å². The van der Waals surface area contributed by atoms with Crippen molar-refractivity contribution < 1.29 is 0 Å². The second-order valence-electron chi connectivity index (χ2n) is 13.0. The Balaban J connectivity index is 3.45. The van der Waals surface area contributed by atoms with E-state index in [9.17, 15) is 0 Å². The van der Waals surface area contributed by atoms with E-state index in [1.54, 1.807) is 0 Å². The molecule has 0 fully saturated rings. The van der Waals surface area contributed by atoms with Crippen molar-refractivity contribution in [2.24, 2.45) is 5.92 Å². The minimum Gasteiger partial charge on any atom is -0.0654 e. The lowest BCUT2D eigenvalue weighted by molar-refractivity contribution is 0.372. The zero-order chi connectivity index (χ0) is 27.6. The largest absolute Gasteiger partial charge is 0.0654 e. The fourth-order valence-electron chi connectivity index (χ4n) is 6.30. The van der Waals surface area contributed by atoms with Crippen molar-refractivity contribution >= 4 is 0 Å². The van der Waals surface area contributed by atoms with Gasteiger partial charge < -0.3 is 0 Å². The summed E-state index contributed by atoms with van der Waals surface area (Å²) in [5.41, 5.74) is 0. The van der Waals surface area contributed by atoms with Crippen molar-refractivity contribution in [2.75, 3.05) is 0 Å². The highest BCUT2D eigenvalue weighted by Crippen LogP contribution is 2.24. The second-order valence-corrected chi connectivity index (χ2v) is 13.0. The van der Waals surface area contributed by atoms with E-state index in [0.29, 0.717) is 0 Å². The quantitative estimate of drug-likeness (QED) is 0.0721. The Morgan fingerprint density at radius 2 is 0.500 bits per heavy atom. The summed E-state index contributed by atoms with van der Waals surface area (Å²) in [6.45, 7) is 8.73. The first-order valence-electron chi connectivity index (χ1n) is 18.6. The SMILES string of the molecule is [CH2]CCCC(CCCCCCCCCCCCCCC)CCCCCCCCCCCCCCCCCC. The van der Waals surface area contributed by atoms with Crippen LogP contribution in [0.2, 0.25) is 0 Å². The van der Waals surface area contributed by atoms with E-state index in [-0.39, 0.29) is 0 Å². The van der Waals surface area contributed by atoms with Crippen molar-refractivity contribution in [1.29, 1.82) is 0 Å². The average molecular weight is 534 g/mol. The van der Waals surface area contributed by atoms with Crippen LogP contribution in [0.25, 0.3) is 0 Å². The molecule has 0 heteroatoms. The summed E-state index contributed by atoms with van der Waals surface area (Å²) < 4.78 is 0. The predicted molar refractivity (Wildman–Crippen MR) is 177 cm³/mol. The fourth-order valence-corrected chi connectivity index (χ4v) is 6.30. The van der Waals surface area contributed by atoms with Crippen molar-refractivity contribution in [3.8, 4) is 0 Å². The molecule has 0 aromatic rings. The Morgan fingerprint density at radius 1 is 0.289 bits per heavy atom. The van der Waals surface area contributed by atoms with E-state index >= 15 is 0 Å². The highest BCUT2D eigenvalue weighted by molar-refractivity contribution is 4.62. The molecular weight excluding hydrogens is 456 g/mol. The van der Waals surface area contributed by atoms with Crippen LogP contribution < -0.4 is 0 Å². The molecule has 0 saturated carbocycles. The molecular formula is C38H77. The molecule has 229 valence electrons. The van der Waals surface area contributed by atoms with Crippen LogP contribution in [0, 0.1) is 12.8 Å². The molecule has 1 radical (unpaired) electrons. The minimum absolute atomic E-state index is 0.996. The van der Waals surface area contributed by atoms with Crippen molar-refractivity contribution in [1.82, 2.24) is 0 Å². The molecule has 0 aliphatic carbocycles. The number of hydrogen-bond donors (Lipinski definition) is 0. The first-order chi connectivity index (χ1) is 18.8. The number of unbranched alkanes of at least 4 members (excludes halogenated alkanes) is 28. The van der Waals surface area contributed by atoms with Crippen LogP contribution in [-0.4, -0.2) is 0 Å². The molecule has 0 heterocycles. The van der Waals surface area contributed by atoms with Gasteiger partial charge in [0.15, 0.2) is 0 Å². The van der Waals surface area contributed by atoms with Crippen LogP contribution in [0.3, 0.4) is 0 Å². The first kappa shape index (κ1) is 38.0. The van der Waals surface area contributed by atoms with Gasteiger partial charge in [-0.05, 0) is 5.92 Å². The molecule has 0 rings (SSSR count). The maximum absolute atomic E-state index is 4.11. The van der Waals surface area contributed by atoms with Gasteiger partial charge in [0.25, 0.3) is 0 Å². The van der Waals surface area contributed by atoms with Gasteiger partial charge in [0.2, 0.25) is 0 Å². The van der Waals surface area contributed by atoms with Crippen LogP contribution in [0.5, 0.6) is 0 Å². The van der Waals surface area contributed by atoms with Gasteiger partial charge in [-0.1, -0.05) is 239 Å². The van der Waals surface area contributed by atoms with Crippen LogP contribution in [0.15, 0.2) is 0 Å². The fraction of sp³-hybridized carbons (Fsp3) is 0.974. The Morgan fingerprint density at radius 3 is 0.737 bits per heavy atom. The summed E-state index contributed by atoms with van der Waals surface area (Å²) in [5, 5.41) is 0. The summed E-state index contributed by atoms with van der Waals surface area (Å²) in [4.78, 5) is 0. The standard InChI is InChI=1S/C38H77/c1-4-7-10-12-14-16-18-20-21-22-24-26-28-30-32-34-37-38(35-9-6-3)36-33-31-29-27-25-23-19-17-15-13-11-8-5-2/h38H,3-37H2,1-2H3. The molecule has 1 unspecified atom stereocenters.